The number of nitrogens with zero attached hydrogens (tertiary/aromatic N) is 3. The molecule has 0 aliphatic carbocycles. The van der Waals surface area contributed by atoms with Gasteiger partial charge < -0.3 is 0 Å². The van der Waals surface area contributed by atoms with E-state index in [2.05, 4.69) is 10.3 Å². The van der Waals surface area contributed by atoms with E-state index in [1.165, 1.54) is 12.1 Å². The molecule has 0 aliphatic heterocycles. The summed E-state index contributed by atoms with van der Waals surface area (Å²) in [6.07, 6.45) is 0.643. The Morgan fingerprint density at radius 3 is 2.83 bits per heavy atom. The van der Waals surface area contributed by atoms with Crippen LogP contribution in [0.5, 0.6) is 0 Å². The maximum Gasteiger partial charge on any atom is 0.172 e. The summed E-state index contributed by atoms with van der Waals surface area (Å²) in [6.45, 7) is 4.71. The Hall–Kier alpha value is -2.04. The van der Waals surface area contributed by atoms with Gasteiger partial charge in [0.15, 0.2) is 12.0 Å². The van der Waals surface area contributed by atoms with Crippen LogP contribution in [0.25, 0.3) is 11.3 Å². The Kier molecular flexibility index (Phi) is 3.50. The predicted octanol–water partition coefficient (Wildman–Crippen LogP) is 2.55. The standard InChI is InChI=1S/C13H14FN3O/c1-9(2)7-17-13(12(8-18)15-16-17)10-4-3-5-11(14)6-10/h3-6,8-9H,7H2,1-2H3. The second-order valence-corrected chi connectivity index (χ2v) is 4.53. The number of rotatable bonds is 4. The Balaban J connectivity index is 2.53. The first-order valence-corrected chi connectivity index (χ1v) is 5.76. The highest BCUT2D eigenvalue weighted by atomic mass is 19.1. The summed E-state index contributed by atoms with van der Waals surface area (Å²) in [5.41, 5.74) is 1.42. The average molecular weight is 247 g/mol. The normalized spacial score (nSPS) is 10.9. The van der Waals surface area contributed by atoms with Gasteiger partial charge >= 0.3 is 0 Å². The molecule has 0 bridgehead atoms. The van der Waals surface area contributed by atoms with E-state index in [1.807, 2.05) is 13.8 Å². The van der Waals surface area contributed by atoms with Crippen molar-refractivity contribution in [3.63, 3.8) is 0 Å². The fraction of sp³-hybridized carbons (Fsp3) is 0.308. The number of benzene rings is 1. The lowest BCUT2D eigenvalue weighted by molar-refractivity contribution is 0.111. The van der Waals surface area contributed by atoms with Crippen molar-refractivity contribution >= 4 is 6.29 Å². The lowest BCUT2D eigenvalue weighted by Crippen LogP contribution is -2.08. The van der Waals surface area contributed by atoms with Crippen molar-refractivity contribution in [1.82, 2.24) is 15.0 Å². The summed E-state index contributed by atoms with van der Waals surface area (Å²) in [5.74, 6) is 0.0140. The van der Waals surface area contributed by atoms with Crippen LogP contribution in [0.2, 0.25) is 0 Å². The SMILES string of the molecule is CC(C)Cn1nnc(C=O)c1-c1cccc(F)c1. The highest BCUT2D eigenvalue weighted by Crippen LogP contribution is 2.22. The molecule has 0 spiro atoms. The lowest BCUT2D eigenvalue weighted by atomic mass is 10.1. The number of carbonyl (C=O) groups is 1. The van der Waals surface area contributed by atoms with Crippen LogP contribution in [0.3, 0.4) is 0 Å². The molecule has 0 aliphatic rings. The quantitative estimate of drug-likeness (QED) is 0.780. The summed E-state index contributed by atoms with van der Waals surface area (Å²) < 4.78 is 14.9. The van der Waals surface area contributed by atoms with Gasteiger partial charge in [0, 0.05) is 12.1 Å². The molecule has 4 nitrogen and oxygen atoms in total. The molecule has 0 fully saturated rings. The molecule has 2 aromatic rings. The van der Waals surface area contributed by atoms with E-state index in [9.17, 15) is 9.18 Å². The number of aromatic nitrogens is 3. The van der Waals surface area contributed by atoms with E-state index in [0.717, 1.165) is 0 Å². The van der Waals surface area contributed by atoms with E-state index < -0.39 is 0 Å². The summed E-state index contributed by atoms with van der Waals surface area (Å²) in [7, 11) is 0. The Morgan fingerprint density at radius 1 is 1.44 bits per heavy atom. The van der Waals surface area contributed by atoms with E-state index in [1.54, 1.807) is 16.8 Å². The first-order valence-electron chi connectivity index (χ1n) is 5.76. The van der Waals surface area contributed by atoms with Crippen LogP contribution in [-0.2, 0) is 6.54 Å². The van der Waals surface area contributed by atoms with Crippen LogP contribution in [0.15, 0.2) is 24.3 Å². The zero-order valence-corrected chi connectivity index (χ0v) is 10.3. The average Bonchev–Trinajstić information content (AvgIpc) is 2.71. The van der Waals surface area contributed by atoms with Crippen molar-refractivity contribution < 1.29 is 9.18 Å². The summed E-state index contributed by atoms with van der Waals surface area (Å²) >= 11 is 0. The fourth-order valence-corrected chi connectivity index (χ4v) is 1.81. The Labute approximate surface area is 104 Å². The number of carbonyl (C=O) groups excluding carboxylic acids is 1. The van der Waals surface area contributed by atoms with Crippen LogP contribution >= 0.6 is 0 Å². The zero-order valence-electron chi connectivity index (χ0n) is 10.3. The van der Waals surface area contributed by atoms with Crippen LogP contribution in [-0.4, -0.2) is 21.3 Å². The summed E-state index contributed by atoms with van der Waals surface area (Å²) in [6, 6.07) is 6.08. The molecule has 0 N–H and O–H groups in total. The first kappa shape index (κ1) is 12.4. The van der Waals surface area contributed by atoms with Gasteiger partial charge in [0.05, 0.1) is 5.69 Å². The van der Waals surface area contributed by atoms with Crippen molar-refractivity contribution in [3.8, 4) is 11.3 Å². The minimum absolute atomic E-state index is 0.237. The van der Waals surface area contributed by atoms with Gasteiger partial charge in [-0.3, -0.25) is 4.79 Å². The Morgan fingerprint density at radius 2 is 2.22 bits per heavy atom. The first-order chi connectivity index (χ1) is 8.61. The van der Waals surface area contributed by atoms with Crippen LogP contribution in [0, 0.1) is 11.7 Å². The molecular formula is C13H14FN3O. The monoisotopic (exact) mass is 247 g/mol. The van der Waals surface area contributed by atoms with Gasteiger partial charge in [-0.2, -0.15) is 0 Å². The van der Waals surface area contributed by atoms with Gasteiger partial charge in [-0.15, -0.1) is 5.10 Å². The smallest absolute Gasteiger partial charge is 0.172 e. The molecule has 0 atom stereocenters. The minimum Gasteiger partial charge on any atom is -0.296 e. The van der Waals surface area contributed by atoms with E-state index >= 15 is 0 Å². The van der Waals surface area contributed by atoms with Gasteiger partial charge in [-0.25, -0.2) is 9.07 Å². The third-order valence-corrected chi connectivity index (χ3v) is 2.51. The van der Waals surface area contributed by atoms with Crippen molar-refractivity contribution in [2.45, 2.75) is 20.4 Å². The van der Waals surface area contributed by atoms with Gasteiger partial charge in [0.2, 0.25) is 0 Å². The van der Waals surface area contributed by atoms with Crippen molar-refractivity contribution in [2.75, 3.05) is 0 Å². The second kappa shape index (κ2) is 5.08. The maximum absolute atomic E-state index is 13.3. The van der Waals surface area contributed by atoms with E-state index in [4.69, 9.17) is 0 Å². The topological polar surface area (TPSA) is 47.8 Å². The van der Waals surface area contributed by atoms with E-state index in [-0.39, 0.29) is 11.5 Å². The molecule has 0 unspecified atom stereocenters. The Bertz CT molecular complexity index is 563. The molecule has 0 radical (unpaired) electrons. The van der Waals surface area contributed by atoms with Crippen LogP contribution < -0.4 is 0 Å². The largest absolute Gasteiger partial charge is 0.296 e. The van der Waals surface area contributed by atoms with Crippen LogP contribution in [0.1, 0.15) is 24.3 Å². The molecule has 0 saturated heterocycles. The van der Waals surface area contributed by atoms with Crippen molar-refractivity contribution in [1.29, 1.82) is 0 Å². The van der Waals surface area contributed by atoms with Gasteiger partial charge in [-0.05, 0) is 18.1 Å². The molecule has 94 valence electrons. The number of hydrogen-bond donors (Lipinski definition) is 0. The van der Waals surface area contributed by atoms with Gasteiger partial charge in [0.1, 0.15) is 5.82 Å². The van der Waals surface area contributed by atoms with Gasteiger partial charge in [-0.1, -0.05) is 31.2 Å². The predicted molar refractivity (Wildman–Crippen MR) is 65.6 cm³/mol. The highest BCUT2D eigenvalue weighted by molar-refractivity contribution is 5.83. The minimum atomic E-state index is -0.346. The molecule has 0 amide bonds. The fourth-order valence-electron chi connectivity index (χ4n) is 1.81. The summed E-state index contributed by atoms with van der Waals surface area (Å²) in [5, 5.41) is 7.76. The maximum atomic E-state index is 13.3. The number of hydrogen-bond acceptors (Lipinski definition) is 3. The molecule has 5 heteroatoms. The molecule has 1 heterocycles. The van der Waals surface area contributed by atoms with Crippen molar-refractivity contribution in [2.24, 2.45) is 5.92 Å². The molecule has 18 heavy (non-hydrogen) atoms. The molecule has 1 aromatic heterocycles. The number of aldehydes is 1. The molecule has 2 rings (SSSR count). The summed E-state index contributed by atoms with van der Waals surface area (Å²) in [4.78, 5) is 11.0. The zero-order chi connectivity index (χ0) is 13.1. The third-order valence-electron chi connectivity index (χ3n) is 2.51. The molecule has 0 saturated carbocycles. The molecule has 1 aromatic carbocycles. The van der Waals surface area contributed by atoms with Crippen LogP contribution in [0.4, 0.5) is 4.39 Å². The highest BCUT2D eigenvalue weighted by Gasteiger charge is 2.15. The second-order valence-electron chi connectivity index (χ2n) is 4.53. The molecular weight excluding hydrogens is 233 g/mol. The van der Waals surface area contributed by atoms with Crippen molar-refractivity contribution in [3.05, 3.63) is 35.8 Å². The van der Waals surface area contributed by atoms with E-state index in [0.29, 0.717) is 30.0 Å². The lowest BCUT2D eigenvalue weighted by Gasteiger charge is -2.09. The third kappa shape index (κ3) is 2.45. The number of halogens is 1. The van der Waals surface area contributed by atoms with Gasteiger partial charge in [0.25, 0.3) is 0 Å².